The van der Waals surface area contributed by atoms with E-state index in [1.807, 2.05) is 30.4 Å². The Labute approximate surface area is 274 Å². The molecule has 3 aliphatic heterocycles. The van der Waals surface area contributed by atoms with Crippen molar-refractivity contribution in [2.75, 3.05) is 0 Å². The molecule has 1 spiro atoms. The van der Waals surface area contributed by atoms with Gasteiger partial charge in [0, 0.05) is 22.8 Å². The number of allylic oxidation sites excluding steroid dienone is 17. The van der Waals surface area contributed by atoms with Crippen LogP contribution in [-0.2, 0) is 5.66 Å². The van der Waals surface area contributed by atoms with Gasteiger partial charge in [-0.15, -0.1) is 0 Å². The second-order valence-electron chi connectivity index (χ2n) is 11.4. The van der Waals surface area contributed by atoms with Crippen LogP contribution < -0.4 is 5.46 Å². The lowest BCUT2D eigenvalue weighted by Gasteiger charge is -2.56. The first-order valence-corrected chi connectivity index (χ1v) is 15.8. The summed E-state index contributed by atoms with van der Waals surface area (Å²) in [6.45, 7) is 32.4. The Morgan fingerprint density at radius 2 is 1.24 bits per heavy atom. The van der Waals surface area contributed by atoms with Gasteiger partial charge in [0.05, 0.1) is 0 Å². The van der Waals surface area contributed by atoms with Gasteiger partial charge >= 0.3 is 0 Å². The molecule has 1 unspecified atom stereocenters. The standard InChI is InChI=1S/C40H45B3N2/c1-11-22-29-28(10)41-31(15-5)36(16-6)44-38(18-8)34(24-13-3)43-35(25-14-4)39(19-9)45-37(17-7)33(23-12-2)42-32-27-21-20-26-30(32)40(29,44)45/h11-27,41-43H,2,5-6,8-9H2,1,3-4,7,10H3/b22-11-,24-13-,25-14-,33-23+,37-17+,38-34-,39-35-. The highest BCUT2D eigenvalue weighted by Gasteiger charge is 2.55. The first kappa shape index (κ1) is 33.3. The fourth-order valence-electron chi connectivity index (χ4n) is 7.28. The van der Waals surface area contributed by atoms with E-state index < -0.39 is 5.66 Å². The van der Waals surface area contributed by atoms with Crippen LogP contribution in [0.3, 0.4) is 0 Å². The molecular formula is C40H45B3N2. The third kappa shape index (κ3) is 5.46. The molecule has 1 atom stereocenters. The summed E-state index contributed by atoms with van der Waals surface area (Å²) in [7, 11) is 2.17. The van der Waals surface area contributed by atoms with E-state index in [-0.39, 0.29) is 0 Å². The van der Waals surface area contributed by atoms with Crippen molar-refractivity contribution in [3.05, 3.63) is 197 Å². The molecule has 0 bridgehead atoms. The molecule has 0 amide bonds. The molecular weight excluding hydrogens is 541 g/mol. The Balaban J connectivity index is 2.55. The van der Waals surface area contributed by atoms with Gasteiger partial charge in [0.1, 0.15) is 0 Å². The Kier molecular flexibility index (Phi) is 10.7. The summed E-state index contributed by atoms with van der Waals surface area (Å²) in [5.74, 6) is 0. The molecule has 0 fully saturated rings. The van der Waals surface area contributed by atoms with Gasteiger partial charge in [0.15, 0.2) is 27.5 Å². The highest BCUT2D eigenvalue weighted by molar-refractivity contribution is 6.63. The van der Waals surface area contributed by atoms with Crippen LogP contribution >= 0.6 is 0 Å². The summed E-state index contributed by atoms with van der Waals surface area (Å²) in [4.78, 5) is 5.01. The quantitative estimate of drug-likeness (QED) is 0.288. The minimum Gasteiger partial charge on any atom is -0.311 e. The van der Waals surface area contributed by atoms with Gasteiger partial charge in [-0.25, -0.2) is 0 Å². The van der Waals surface area contributed by atoms with E-state index in [0.717, 1.165) is 48.3 Å². The van der Waals surface area contributed by atoms with Crippen LogP contribution in [-0.4, -0.2) is 31.6 Å². The normalized spacial score (nSPS) is 25.5. The van der Waals surface area contributed by atoms with Crippen LogP contribution in [0.15, 0.2) is 192 Å². The molecule has 4 rings (SSSR count). The molecule has 1 aromatic rings. The summed E-state index contributed by atoms with van der Waals surface area (Å²) in [5, 5.41) is 0. The second-order valence-corrected chi connectivity index (χ2v) is 11.4. The summed E-state index contributed by atoms with van der Waals surface area (Å²) < 4.78 is 0. The number of nitrogens with zero attached hydrogens (tertiary/aromatic N) is 2. The van der Waals surface area contributed by atoms with E-state index in [1.54, 1.807) is 0 Å². The number of fused-ring (bicyclic) bond motifs is 1. The Hall–Kier alpha value is -4.63. The molecule has 2 nitrogen and oxygen atoms in total. The molecule has 45 heavy (non-hydrogen) atoms. The number of hydrogen-bond acceptors (Lipinski definition) is 2. The van der Waals surface area contributed by atoms with Crippen molar-refractivity contribution >= 4 is 27.3 Å². The van der Waals surface area contributed by atoms with E-state index in [9.17, 15) is 0 Å². The Morgan fingerprint density at radius 1 is 0.667 bits per heavy atom. The maximum Gasteiger partial charge on any atom is 0.197 e. The zero-order valence-corrected chi connectivity index (χ0v) is 27.9. The molecule has 0 saturated carbocycles. The van der Waals surface area contributed by atoms with E-state index in [2.05, 4.69) is 150 Å². The molecule has 0 aliphatic carbocycles. The SMILES string of the molecule is C=C/C=C1/Bc2ccccc2C23C(/C=C\C)=C(C)BC(C=C)=C(C=C)N2/C(C=C)=C(/C=C\C)BC(/C=C\C)=C(/C=C)N3/C1=C/C. The van der Waals surface area contributed by atoms with Gasteiger partial charge in [-0.1, -0.05) is 158 Å². The van der Waals surface area contributed by atoms with E-state index in [1.165, 1.54) is 33.0 Å². The molecule has 0 N–H and O–H groups in total. The van der Waals surface area contributed by atoms with Crippen LogP contribution in [0.1, 0.15) is 40.2 Å². The van der Waals surface area contributed by atoms with Gasteiger partial charge in [0.2, 0.25) is 0 Å². The maximum atomic E-state index is 4.48. The highest BCUT2D eigenvalue weighted by atomic mass is 15.4. The molecule has 224 valence electrons. The van der Waals surface area contributed by atoms with Crippen LogP contribution in [0.5, 0.6) is 0 Å². The lowest BCUT2D eigenvalue weighted by molar-refractivity contribution is 0.0758. The van der Waals surface area contributed by atoms with Crippen molar-refractivity contribution < 1.29 is 0 Å². The van der Waals surface area contributed by atoms with Gasteiger partial charge in [-0.2, -0.15) is 0 Å². The van der Waals surface area contributed by atoms with Gasteiger partial charge in [-0.3, -0.25) is 0 Å². The first-order valence-electron chi connectivity index (χ1n) is 15.8. The van der Waals surface area contributed by atoms with Crippen molar-refractivity contribution in [3.63, 3.8) is 0 Å². The molecule has 3 heterocycles. The average Bonchev–Trinajstić information content (AvgIpc) is 3.21. The second kappa shape index (κ2) is 14.4. The number of benzene rings is 1. The van der Waals surface area contributed by atoms with Gasteiger partial charge < -0.3 is 9.80 Å². The molecule has 0 radical (unpaired) electrons. The van der Waals surface area contributed by atoms with Crippen LogP contribution in [0.4, 0.5) is 0 Å². The van der Waals surface area contributed by atoms with E-state index >= 15 is 0 Å². The Morgan fingerprint density at radius 3 is 1.78 bits per heavy atom. The smallest absolute Gasteiger partial charge is 0.197 e. The minimum absolute atomic E-state index is 0.690. The van der Waals surface area contributed by atoms with Gasteiger partial charge in [0.25, 0.3) is 0 Å². The third-order valence-corrected chi connectivity index (χ3v) is 8.86. The van der Waals surface area contributed by atoms with Crippen LogP contribution in [0.2, 0.25) is 0 Å². The van der Waals surface area contributed by atoms with E-state index in [0.29, 0.717) is 7.28 Å². The van der Waals surface area contributed by atoms with Gasteiger partial charge in [-0.05, 0) is 57.1 Å². The predicted molar refractivity (Wildman–Crippen MR) is 204 cm³/mol. The fourth-order valence-corrected chi connectivity index (χ4v) is 7.28. The number of hydrogen-bond donors (Lipinski definition) is 0. The molecule has 1 aromatic carbocycles. The summed E-state index contributed by atoms with van der Waals surface area (Å²) in [5.41, 5.74) is 12.8. The zero-order valence-electron chi connectivity index (χ0n) is 27.9. The van der Waals surface area contributed by atoms with Crippen molar-refractivity contribution in [1.29, 1.82) is 0 Å². The molecule has 0 aromatic heterocycles. The molecule has 3 aliphatic rings. The first-order chi connectivity index (χ1) is 21.9. The summed E-state index contributed by atoms with van der Waals surface area (Å²) >= 11 is 0. The molecule has 0 saturated heterocycles. The van der Waals surface area contributed by atoms with E-state index in [4.69, 9.17) is 0 Å². The average molecular weight is 586 g/mol. The molecule has 5 heteroatoms. The van der Waals surface area contributed by atoms with Crippen LogP contribution in [0, 0.1) is 0 Å². The zero-order chi connectivity index (χ0) is 32.7. The fraction of sp³-hybridized carbons (Fsp3) is 0.150. The van der Waals surface area contributed by atoms with Crippen molar-refractivity contribution in [3.8, 4) is 0 Å². The summed E-state index contributed by atoms with van der Waals surface area (Å²) in [6.07, 6.45) is 27.5. The monoisotopic (exact) mass is 586 g/mol. The van der Waals surface area contributed by atoms with Crippen molar-refractivity contribution in [2.24, 2.45) is 0 Å². The number of rotatable bonds is 8. The lowest BCUT2D eigenvalue weighted by atomic mass is 9.58. The minimum atomic E-state index is -0.896. The summed E-state index contributed by atoms with van der Waals surface area (Å²) in [6, 6.07) is 8.87. The lowest BCUT2D eigenvalue weighted by Crippen LogP contribution is -2.59. The third-order valence-electron chi connectivity index (χ3n) is 8.86. The Bertz CT molecular complexity index is 1720. The largest absolute Gasteiger partial charge is 0.311 e. The highest BCUT2D eigenvalue weighted by Crippen LogP contribution is 2.54. The van der Waals surface area contributed by atoms with Crippen molar-refractivity contribution in [1.82, 2.24) is 9.80 Å². The predicted octanol–water partition coefficient (Wildman–Crippen LogP) is 7.77. The van der Waals surface area contributed by atoms with Crippen LogP contribution in [0.25, 0.3) is 0 Å². The van der Waals surface area contributed by atoms with Crippen molar-refractivity contribution in [2.45, 2.75) is 40.3 Å². The topological polar surface area (TPSA) is 6.48 Å². The maximum absolute atomic E-state index is 4.48.